The molecular weight excluding hydrogens is 300 g/mol. The fraction of sp³-hybridized carbons (Fsp3) is 0.579. The second-order valence-corrected chi connectivity index (χ2v) is 7.44. The van der Waals surface area contributed by atoms with Crippen LogP contribution in [-0.2, 0) is 4.74 Å². The van der Waals surface area contributed by atoms with Gasteiger partial charge in [-0.3, -0.25) is 0 Å². The molecule has 2 fully saturated rings. The summed E-state index contributed by atoms with van der Waals surface area (Å²) < 4.78 is 5.51. The molecule has 0 radical (unpaired) electrons. The molecule has 2 atom stereocenters. The first kappa shape index (κ1) is 14.6. The highest BCUT2D eigenvalue weighted by molar-refractivity contribution is 5.78. The molecule has 5 heteroatoms. The van der Waals surface area contributed by atoms with Crippen LogP contribution in [0.15, 0.2) is 17.2 Å². The van der Waals surface area contributed by atoms with Crippen LogP contribution in [0.3, 0.4) is 0 Å². The Bertz CT molecular complexity index is 748. The molecule has 2 aliphatic carbocycles. The molecule has 4 aliphatic rings. The van der Waals surface area contributed by atoms with Gasteiger partial charge in [0.25, 0.3) is 0 Å². The first-order chi connectivity index (χ1) is 11.7. The van der Waals surface area contributed by atoms with E-state index in [2.05, 4.69) is 29.0 Å². The van der Waals surface area contributed by atoms with Gasteiger partial charge in [-0.05, 0) is 50.1 Å². The first-order valence-electron chi connectivity index (χ1n) is 9.04. The summed E-state index contributed by atoms with van der Waals surface area (Å²) >= 11 is 0. The van der Waals surface area contributed by atoms with E-state index in [1.54, 1.807) is 0 Å². The van der Waals surface area contributed by atoms with Crippen molar-refractivity contribution in [3.8, 4) is 0 Å². The van der Waals surface area contributed by atoms with E-state index in [1.807, 2.05) is 6.92 Å². The number of nitrogens with zero attached hydrogens (tertiary/aromatic N) is 4. The SMILES string of the molecule is Cc1nc2c(c(N3CCOCC3)n1)C1C=C1C(C1CCN(C)C1)=C2. The Morgan fingerprint density at radius 3 is 2.71 bits per heavy atom. The maximum absolute atomic E-state index is 5.51. The van der Waals surface area contributed by atoms with Gasteiger partial charge in [-0.25, -0.2) is 9.97 Å². The maximum Gasteiger partial charge on any atom is 0.137 e. The summed E-state index contributed by atoms with van der Waals surface area (Å²) in [4.78, 5) is 14.4. The van der Waals surface area contributed by atoms with Gasteiger partial charge in [-0.1, -0.05) is 6.08 Å². The number of fused-ring (bicyclic) bond motifs is 3. The third-order valence-electron chi connectivity index (χ3n) is 5.72. The Hall–Kier alpha value is -1.72. The molecule has 5 rings (SSSR count). The van der Waals surface area contributed by atoms with Gasteiger partial charge in [0.05, 0.1) is 18.9 Å². The normalized spacial score (nSPS) is 29.0. The Balaban J connectivity index is 1.55. The summed E-state index contributed by atoms with van der Waals surface area (Å²) in [7, 11) is 2.22. The minimum Gasteiger partial charge on any atom is -0.378 e. The fourth-order valence-corrected chi connectivity index (χ4v) is 4.43. The number of rotatable bonds is 2. The monoisotopic (exact) mass is 324 g/mol. The zero-order valence-electron chi connectivity index (χ0n) is 14.5. The van der Waals surface area contributed by atoms with Crippen molar-refractivity contribution in [2.45, 2.75) is 19.3 Å². The van der Waals surface area contributed by atoms with E-state index in [-0.39, 0.29) is 0 Å². The van der Waals surface area contributed by atoms with Crippen LogP contribution < -0.4 is 4.90 Å². The molecule has 2 aliphatic heterocycles. The van der Waals surface area contributed by atoms with E-state index in [9.17, 15) is 0 Å². The molecule has 0 spiro atoms. The molecule has 3 heterocycles. The third-order valence-corrected chi connectivity index (χ3v) is 5.72. The van der Waals surface area contributed by atoms with E-state index in [4.69, 9.17) is 14.7 Å². The predicted octanol–water partition coefficient (Wildman–Crippen LogP) is 1.99. The van der Waals surface area contributed by atoms with Gasteiger partial charge in [0.2, 0.25) is 0 Å². The van der Waals surface area contributed by atoms with Gasteiger partial charge >= 0.3 is 0 Å². The molecule has 0 bridgehead atoms. The predicted molar refractivity (Wildman–Crippen MR) is 94.2 cm³/mol. The molecule has 0 saturated carbocycles. The van der Waals surface area contributed by atoms with Crippen molar-refractivity contribution in [2.24, 2.45) is 5.92 Å². The third kappa shape index (κ3) is 2.30. The summed E-state index contributed by atoms with van der Waals surface area (Å²) in [5.74, 6) is 3.13. The van der Waals surface area contributed by atoms with Crippen molar-refractivity contribution in [2.75, 3.05) is 51.3 Å². The van der Waals surface area contributed by atoms with E-state index >= 15 is 0 Å². The largest absolute Gasteiger partial charge is 0.378 e. The van der Waals surface area contributed by atoms with E-state index in [0.717, 1.165) is 43.6 Å². The minimum atomic E-state index is 0.448. The molecular formula is C19H24N4O. The maximum atomic E-state index is 5.51. The van der Waals surface area contributed by atoms with Crippen LogP contribution in [0.25, 0.3) is 6.08 Å². The number of ether oxygens (including phenoxy) is 1. The minimum absolute atomic E-state index is 0.448. The molecule has 0 amide bonds. The second kappa shape index (κ2) is 5.39. The molecule has 0 N–H and O–H groups in total. The molecule has 2 saturated heterocycles. The summed E-state index contributed by atoms with van der Waals surface area (Å²) in [6.45, 7) is 7.82. The smallest absolute Gasteiger partial charge is 0.137 e. The van der Waals surface area contributed by atoms with Crippen molar-refractivity contribution in [3.05, 3.63) is 34.3 Å². The summed E-state index contributed by atoms with van der Waals surface area (Å²) in [6.07, 6.45) is 6.04. The number of anilines is 1. The van der Waals surface area contributed by atoms with Crippen LogP contribution >= 0.6 is 0 Å². The zero-order chi connectivity index (χ0) is 16.3. The van der Waals surface area contributed by atoms with Crippen molar-refractivity contribution in [1.82, 2.24) is 14.9 Å². The number of aryl methyl sites for hydroxylation is 1. The highest BCUT2D eigenvalue weighted by atomic mass is 16.5. The second-order valence-electron chi connectivity index (χ2n) is 7.44. The molecule has 1 aromatic heterocycles. The van der Waals surface area contributed by atoms with E-state index in [0.29, 0.717) is 11.8 Å². The number of hydrogen-bond donors (Lipinski definition) is 0. The Morgan fingerprint density at radius 1 is 1.12 bits per heavy atom. The average Bonchev–Trinajstić information content (AvgIpc) is 3.27. The van der Waals surface area contributed by atoms with Crippen LogP contribution in [0.4, 0.5) is 5.82 Å². The topological polar surface area (TPSA) is 41.5 Å². The van der Waals surface area contributed by atoms with E-state index in [1.165, 1.54) is 36.2 Å². The van der Waals surface area contributed by atoms with Crippen LogP contribution in [0.1, 0.15) is 29.4 Å². The molecule has 126 valence electrons. The van der Waals surface area contributed by atoms with Crippen LogP contribution in [-0.4, -0.2) is 61.3 Å². The molecule has 5 nitrogen and oxygen atoms in total. The van der Waals surface area contributed by atoms with Crippen molar-refractivity contribution in [1.29, 1.82) is 0 Å². The average molecular weight is 324 g/mol. The molecule has 24 heavy (non-hydrogen) atoms. The Kier molecular flexibility index (Phi) is 3.28. The summed E-state index contributed by atoms with van der Waals surface area (Å²) in [5, 5.41) is 0. The number of aromatic nitrogens is 2. The number of morpholine rings is 1. The lowest BCUT2D eigenvalue weighted by Crippen LogP contribution is -2.38. The number of likely N-dealkylation sites (tertiary alicyclic amines) is 1. The van der Waals surface area contributed by atoms with Gasteiger partial charge in [0, 0.05) is 31.1 Å². The Morgan fingerprint density at radius 2 is 1.96 bits per heavy atom. The van der Waals surface area contributed by atoms with Crippen molar-refractivity contribution < 1.29 is 4.74 Å². The highest BCUT2D eigenvalue weighted by Gasteiger charge is 2.41. The fourth-order valence-electron chi connectivity index (χ4n) is 4.43. The zero-order valence-corrected chi connectivity index (χ0v) is 14.5. The van der Waals surface area contributed by atoms with Crippen molar-refractivity contribution >= 4 is 11.9 Å². The van der Waals surface area contributed by atoms with Crippen molar-refractivity contribution in [3.63, 3.8) is 0 Å². The molecule has 0 aromatic carbocycles. The lowest BCUT2D eigenvalue weighted by atomic mass is 9.86. The van der Waals surface area contributed by atoms with E-state index < -0.39 is 0 Å². The quantitative estimate of drug-likeness (QED) is 0.832. The van der Waals surface area contributed by atoms with Gasteiger partial charge in [-0.15, -0.1) is 0 Å². The van der Waals surface area contributed by atoms with Gasteiger partial charge in [0.1, 0.15) is 11.6 Å². The molecule has 2 unspecified atom stereocenters. The standard InChI is InChI=1S/C19H24N4O/c1-12-20-17-10-14(13-3-4-22(2)11-13)15-9-16(15)18(17)19(21-12)23-5-7-24-8-6-23/h9-10,13,16H,3-8,11H2,1-2H3. The lowest BCUT2D eigenvalue weighted by Gasteiger charge is -2.31. The van der Waals surface area contributed by atoms with Crippen LogP contribution in [0.2, 0.25) is 0 Å². The summed E-state index contributed by atoms with van der Waals surface area (Å²) in [5.41, 5.74) is 5.54. The highest BCUT2D eigenvalue weighted by Crippen LogP contribution is 2.54. The van der Waals surface area contributed by atoms with Gasteiger partial charge < -0.3 is 14.5 Å². The lowest BCUT2D eigenvalue weighted by molar-refractivity contribution is 0.122. The van der Waals surface area contributed by atoms with Crippen LogP contribution in [0, 0.1) is 12.8 Å². The number of allylic oxidation sites excluding steroid dienone is 2. The number of hydrogen-bond acceptors (Lipinski definition) is 5. The van der Waals surface area contributed by atoms with Gasteiger partial charge in [0.15, 0.2) is 0 Å². The molecule has 1 aromatic rings. The summed E-state index contributed by atoms with van der Waals surface area (Å²) in [6, 6.07) is 0. The van der Waals surface area contributed by atoms with Crippen LogP contribution in [0.5, 0.6) is 0 Å². The first-order valence-corrected chi connectivity index (χ1v) is 9.04. The Labute approximate surface area is 143 Å². The van der Waals surface area contributed by atoms with Gasteiger partial charge in [-0.2, -0.15) is 0 Å².